The number of nitrogens with one attached hydrogen (secondary N) is 1. The minimum Gasteiger partial charge on any atom is -0.480 e. The van der Waals surface area contributed by atoms with Crippen molar-refractivity contribution < 1.29 is 23.5 Å². The number of hydrogen-bond donors (Lipinski definition) is 2. The van der Waals surface area contributed by atoms with E-state index >= 15 is 0 Å². The Morgan fingerprint density at radius 1 is 1.29 bits per heavy atom. The second kappa shape index (κ2) is 5.70. The van der Waals surface area contributed by atoms with Crippen LogP contribution in [0.3, 0.4) is 0 Å². The smallest absolute Gasteiger partial charge is 0.328 e. The van der Waals surface area contributed by atoms with Gasteiger partial charge in [0.25, 0.3) is 5.91 Å². The normalized spacial score (nSPS) is 12.0. The maximum atomic E-state index is 13.1. The summed E-state index contributed by atoms with van der Waals surface area (Å²) in [5.74, 6) is -3.95. The highest BCUT2D eigenvalue weighted by Gasteiger charge is 2.21. The molecule has 8 heteroatoms. The third-order valence-electron chi connectivity index (χ3n) is 2.80. The lowest BCUT2D eigenvalue weighted by atomic mass is 10.2. The number of carboxylic acid groups (broad SMARTS) is 1. The van der Waals surface area contributed by atoms with Gasteiger partial charge in [-0.15, -0.1) is 0 Å². The van der Waals surface area contributed by atoms with Crippen molar-refractivity contribution in [1.82, 2.24) is 9.78 Å². The van der Waals surface area contributed by atoms with Gasteiger partial charge in [-0.05, 0) is 25.1 Å². The third-order valence-corrected chi connectivity index (χ3v) is 2.80. The zero-order valence-electron chi connectivity index (χ0n) is 10.9. The van der Waals surface area contributed by atoms with E-state index in [2.05, 4.69) is 10.4 Å². The zero-order valence-corrected chi connectivity index (χ0v) is 10.9. The highest BCUT2D eigenvalue weighted by Crippen LogP contribution is 2.15. The van der Waals surface area contributed by atoms with Gasteiger partial charge in [-0.2, -0.15) is 5.10 Å². The van der Waals surface area contributed by atoms with E-state index in [1.165, 1.54) is 25.3 Å². The first kappa shape index (κ1) is 14.6. The molecule has 0 aliphatic carbocycles. The molecule has 1 heterocycles. The average Bonchev–Trinajstić information content (AvgIpc) is 2.91. The summed E-state index contributed by atoms with van der Waals surface area (Å²) in [5.41, 5.74) is 0.0456. The number of halogens is 2. The molecule has 110 valence electrons. The number of aliphatic carboxylic acids is 1. The molecule has 1 aromatic carbocycles. The molecule has 6 nitrogen and oxygen atoms in total. The predicted molar refractivity (Wildman–Crippen MR) is 68.9 cm³/mol. The number of benzene rings is 1. The molecular formula is C13H11F2N3O3. The number of hydrogen-bond acceptors (Lipinski definition) is 3. The van der Waals surface area contributed by atoms with Crippen LogP contribution in [0.2, 0.25) is 0 Å². The lowest BCUT2D eigenvalue weighted by Crippen LogP contribution is -2.24. The summed E-state index contributed by atoms with van der Waals surface area (Å²) in [6.07, 6.45) is 1.28. The van der Waals surface area contributed by atoms with Crippen LogP contribution < -0.4 is 5.32 Å². The Morgan fingerprint density at radius 3 is 2.62 bits per heavy atom. The summed E-state index contributed by atoms with van der Waals surface area (Å²) >= 11 is 0. The molecule has 0 bridgehead atoms. The maximum absolute atomic E-state index is 13.1. The number of carboxylic acids is 1. The number of aromatic nitrogens is 2. The van der Waals surface area contributed by atoms with Crippen LogP contribution in [0.15, 0.2) is 30.5 Å². The maximum Gasteiger partial charge on any atom is 0.328 e. The molecule has 2 aromatic rings. The number of carbonyl (C=O) groups is 2. The summed E-state index contributed by atoms with van der Waals surface area (Å²) in [7, 11) is 0. The largest absolute Gasteiger partial charge is 0.480 e. The van der Waals surface area contributed by atoms with Gasteiger partial charge in [0.05, 0.1) is 0 Å². The molecule has 1 amide bonds. The van der Waals surface area contributed by atoms with Gasteiger partial charge in [-0.25, -0.2) is 18.3 Å². The number of nitrogens with zero attached hydrogens (tertiary/aromatic N) is 2. The molecule has 0 fully saturated rings. The highest BCUT2D eigenvalue weighted by atomic mass is 19.2. The summed E-state index contributed by atoms with van der Waals surface area (Å²) in [6.45, 7) is 1.36. The van der Waals surface area contributed by atoms with Crippen molar-refractivity contribution in [2.75, 3.05) is 5.32 Å². The van der Waals surface area contributed by atoms with E-state index in [0.29, 0.717) is 0 Å². The van der Waals surface area contributed by atoms with Crippen molar-refractivity contribution >= 4 is 17.6 Å². The van der Waals surface area contributed by atoms with Crippen molar-refractivity contribution in [3.05, 3.63) is 47.8 Å². The second-order valence-corrected chi connectivity index (χ2v) is 4.26. The van der Waals surface area contributed by atoms with Crippen LogP contribution in [-0.4, -0.2) is 26.8 Å². The first-order valence-corrected chi connectivity index (χ1v) is 5.93. The first-order valence-electron chi connectivity index (χ1n) is 5.93. The van der Waals surface area contributed by atoms with Gasteiger partial charge in [0, 0.05) is 18.0 Å². The molecule has 0 radical (unpaired) electrons. The van der Waals surface area contributed by atoms with Crippen LogP contribution in [0.25, 0.3) is 0 Å². The first-order chi connectivity index (χ1) is 9.90. The van der Waals surface area contributed by atoms with Gasteiger partial charge in [0.15, 0.2) is 11.6 Å². The fourth-order valence-corrected chi connectivity index (χ4v) is 1.68. The van der Waals surface area contributed by atoms with E-state index in [4.69, 9.17) is 5.11 Å². The van der Waals surface area contributed by atoms with Crippen molar-refractivity contribution in [1.29, 1.82) is 0 Å². The zero-order chi connectivity index (χ0) is 15.6. The summed E-state index contributed by atoms with van der Waals surface area (Å²) in [5, 5.41) is 15.1. The average molecular weight is 295 g/mol. The van der Waals surface area contributed by atoms with E-state index in [-0.39, 0.29) is 11.4 Å². The SMILES string of the molecule is CC(C(=O)O)n1nccc1C(=O)Nc1ccc(F)c(F)c1. The van der Waals surface area contributed by atoms with Crippen molar-refractivity contribution in [3.8, 4) is 0 Å². The topological polar surface area (TPSA) is 84.2 Å². The Morgan fingerprint density at radius 2 is 2.00 bits per heavy atom. The fourth-order valence-electron chi connectivity index (χ4n) is 1.68. The molecule has 21 heavy (non-hydrogen) atoms. The summed E-state index contributed by atoms with van der Waals surface area (Å²) < 4.78 is 26.9. The molecule has 0 aliphatic rings. The predicted octanol–water partition coefficient (Wildman–Crippen LogP) is 2.06. The van der Waals surface area contributed by atoms with E-state index in [1.54, 1.807) is 0 Å². The molecule has 0 spiro atoms. The van der Waals surface area contributed by atoms with Crippen LogP contribution >= 0.6 is 0 Å². The lowest BCUT2D eigenvalue weighted by molar-refractivity contribution is -0.140. The van der Waals surface area contributed by atoms with Gasteiger partial charge >= 0.3 is 5.97 Å². The Kier molecular flexibility index (Phi) is 3.97. The van der Waals surface area contributed by atoms with Gasteiger partial charge in [-0.3, -0.25) is 4.79 Å². The number of anilines is 1. The Labute approximate surface area is 118 Å². The standard InChI is InChI=1S/C13H11F2N3O3/c1-7(13(20)21)18-11(4-5-16-18)12(19)17-8-2-3-9(14)10(15)6-8/h2-7H,1H3,(H,17,19)(H,20,21). The number of amides is 1. The van der Waals surface area contributed by atoms with Crippen LogP contribution in [0.5, 0.6) is 0 Å². The number of carbonyl (C=O) groups excluding carboxylic acids is 1. The molecular weight excluding hydrogens is 284 g/mol. The van der Waals surface area contributed by atoms with E-state index < -0.39 is 29.6 Å². The Bertz CT molecular complexity index is 700. The fraction of sp³-hybridized carbons (Fsp3) is 0.154. The van der Waals surface area contributed by atoms with Gasteiger partial charge in [0.2, 0.25) is 0 Å². The van der Waals surface area contributed by atoms with Crippen molar-refractivity contribution in [3.63, 3.8) is 0 Å². The molecule has 0 saturated heterocycles. The molecule has 1 aromatic heterocycles. The van der Waals surface area contributed by atoms with Crippen LogP contribution in [0.1, 0.15) is 23.5 Å². The third kappa shape index (κ3) is 3.04. The van der Waals surface area contributed by atoms with Gasteiger partial charge in [-0.1, -0.05) is 0 Å². The van der Waals surface area contributed by atoms with Crippen LogP contribution in [0.4, 0.5) is 14.5 Å². The minimum absolute atomic E-state index is 0.00497. The molecule has 0 aliphatic heterocycles. The monoisotopic (exact) mass is 295 g/mol. The van der Waals surface area contributed by atoms with E-state index in [9.17, 15) is 18.4 Å². The number of rotatable bonds is 4. The van der Waals surface area contributed by atoms with Gasteiger partial charge in [0.1, 0.15) is 11.7 Å². The van der Waals surface area contributed by atoms with Crippen molar-refractivity contribution in [2.45, 2.75) is 13.0 Å². The second-order valence-electron chi connectivity index (χ2n) is 4.26. The highest BCUT2D eigenvalue weighted by molar-refractivity contribution is 6.03. The Hall–Kier alpha value is -2.77. The minimum atomic E-state index is -1.15. The molecule has 2 rings (SSSR count). The molecule has 1 unspecified atom stereocenters. The quantitative estimate of drug-likeness (QED) is 0.904. The van der Waals surface area contributed by atoms with Crippen LogP contribution in [-0.2, 0) is 4.79 Å². The summed E-state index contributed by atoms with van der Waals surface area (Å²) in [4.78, 5) is 23.0. The molecule has 0 saturated carbocycles. The summed E-state index contributed by atoms with van der Waals surface area (Å²) in [6, 6.07) is 3.19. The van der Waals surface area contributed by atoms with E-state index in [0.717, 1.165) is 16.8 Å². The van der Waals surface area contributed by atoms with E-state index in [1.807, 2.05) is 0 Å². The Balaban J connectivity index is 2.23. The molecule has 2 N–H and O–H groups in total. The van der Waals surface area contributed by atoms with Gasteiger partial charge < -0.3 is 10.4 Å². The van der Waals surface area contributed by atoms with Crippen LogP contribution in [0, 0.1) is 11.6 Å². The molecule has 1 atom stereocenters. The lowest BCUT2D eigenvalue weighted by Gasteiger charge is -2.11. The van der Waals surface area contributed by atoms with Crippen molar-refractivity contribution in [2.24, 2.45) is 0 Å².